The number of nitrogens with zero attached hydrogens (tertiary/aromatic N) is 1. The molecule has 1 heterocycles. The summed E-state index contributed by atoms with van der Waals surface area (Å²) in [5, 5.41) is 6.02. The van der Waals surface area contributed by atoms with E-state index in [2.05, 4.69) is 31.4 Å². The van der Waals surface area contributed by atoms with Crippen molar-refractivity contribution in [3.8, 4) is 0 Å². The van der Waals surface area contributed by atoms with E-state index in [1.807, 2.05) is 22.6 Å². The maximum absolute atomic E-state index is 14.6. The lowest BCUT2D eigenvalue weighted by Crippen LogP contribution is -2.64. The minimum Gasteiger partial charge on any atom is -0.350 e. The van der Waals surface area contributed by atoms with Gasteiger partial charge in [0.05, 0.1) is 16.9 Å². The number of likely N-dealkylation sites (tertiary alicyclic amines) is 1. The van der Waals surface area contributed by atoms with E-state index in [-0.39, 0.29) is 28.4 Å². The van der Waals surface area contributed by atoms with Crippen LogP contribution in [0.5, 0.6) is 0 Å². The molecule has 3 rings (SSSR count). The van der Waals surface area contributed by atoms with Crippen LogP contribution < -0.4 is 10.6 Å². The van der Waals surface area contributed by atoms with Gasteiger partial charge in [0.1, 0.15) is 5.82 Å². The number of carbonyl (C=O) groups is 1. The molecule has 1 aliphatic rings. The van der Waals surface area contributed by atoms with Crippen LogP contribution in [0.1, 0.15) is 37.6 Å². The fourth-order valence-corrected chi connectivity index (χ4v) is 4.05. The van der Waals surface area contributed by atoms with Crippen LogP contribution in [0.15, 0.2) is 30.3 Å². The van der Waals surface area contributed by atoms with Gasteiger partial charge in [0.15, 0.2) is 11.6 Å². The van der Waals surface area contributed by atoms with Gasteiger partial charge in [-0.2, -0.15) is 0 Å². The summed E-state index contributed by atoms with van der Waals surface area (Å²) >= 11 is 1.95. The van der Waals surface area contributed by atoms with Crippen molar-refractivity contribution in [2.75, 3.05) is 25.0 Å². The second-order valence-electron chi connectivity index (χ2n) is 8.02. The molecule has 0 saturated carbocycles. The quantitative estimate of drug-likeness (QED) is 0.477. The van der Waals surface area contributed by atoms with Gasteiger partial charge in [0, 0.05) is 28.1 Å². The molecule has 0 spiro atoms. The number of carbonyl (C=O) groups excluding carboxylic acids is 1. The highest BCUT2D eigenvalue weighted by atomic mass is 127. The fraction of sp³-hybridized carbons (Fsp3) is 0.409. The Hall–Kier alpha value is -1.81. The Morgan fingerprint density at radius 3 is 2.53 bits per heavy atom. The molecule has 0 radical (unpaired) electrons. The van der Waals surface area contributed by atoms with Crippen LogP contribution in [-0.4, -0.2) is 36.5 Å². The number of hydrogen-bond donors (Lipinski definition) is 2. The molecule has 0 bridgehead atoms. The third kappa shape index (κ3) is 4.59. The Morgan fingerprint density at radius 1 is 1.20 bits per heavy atom. The van der Waals surface area contributed by atoms with Crippen molar-refractivity contribution in [3.63, 3.8) is 0 Å². The van der Waals surface area contributed by atoms with Crippen LogP contribution in [0.25, 0.3) is 0 Å². The molecule has 2 aromatic rings. The second kappa shape index (κ2) is 9.13. The smallest absolute Gasteiger partial charge is 0.256 e. The predicted molar refractivity (Wildman–Crippen MR) is 121 cm³/mol. The van der Waals surface area contributed by atoms with Crippen LogP contribution in [-0.2, 0) is 0 Å². The summed E-state index contributed by atoms with van der Waals surface area (Å²) in [6.07, 6.45) is 1.02. The second-order valence-corrected chi connectivity index (χ2v) is 9.27. The van der Waals surface area contributed by atoms with Crippen LogP contribution in [0.2, 0.25) is 0 Å². The standard InChI is InChI=1S/C22H25F3IN3O/c1-4-9-27-13(2)22(3)11-29(12-22)21(30)15-6-7-16(23)19(25)20(15)28-18-8-5-14(26)10-17(18)24/h5-8,10,13,27-28H,4,9,11-12H2,1-3H3/t13-/m1/s1. The van der Waals surface area contributed by atoms with Gasteiger partial charge in [-0.05, 0) is 72.8 Å². The summed E-state index contributed by atoms with van der Waals surface area (Å²) in [4.78, 5) is 14.6. The van der Waals surface area contributed by atoms with E-state index in [4.69, 9.17) is 0 Å². The Morgan fingerprint density at radius 2 is 1.90 bits per heavy atom. The van der Waals surface area contributed by atoms with Crippen molar-refractivity contribution in [1.82, 2.24) is 10.2 Å². The van der Waals surface area contributed by atoms with Gasteiger partial charge in [-0.3, -0.25) is 4.79 Å². The highest BCUT2D eigenvalue weighted by molar-refractivity contribution is 14.1. The average Bonchev–Trinajstić information content (AvgIpc) is 2.68. The molecule has 1 aliphatic heterocycles. The van der Waals surface area contributed by atoms with Crippen LogP contribution in [0.3, 0.4) is 0 Å². The molecule has 2 aromatic carbocycles. The first-order valence-corrected chi connectivity index (χ1v) is 11.0. The van der Waals surface area contributed by atoms with Crippen molar-refractivity contribution in [1.29, 1.82) is 0 Å². The third-order valence-corrected chi connectivity index (χ3v) is 6.32. The Bertz CT molecular complexity index is 947. The number of benzene rings is 2. The molecule has 1 fully saturated rings. The number of rotatable bonds is 7. The van der Waals surface area contributed by atoms with E-state index >= 15 is 0 Å². The first-order valence-electron chi connectivity index (χ1n) is 9.89. The van der Waals surface area contributed by atoms with Gasteiger partial charge in [0.2, 0.25) is 0 Å². The summed E-state index contributed by atoms with van der Waals surface area (Å²) in [5.74, 6) is -3.34. The molecule has 2 N–H and O–H groups in total. The van der Waals surface area contributed by atoms with Crippen molar-refractivity contribution in [2.24, 2.45) is 5.41 Å². The zero-order valence-corrected chi connectivity index (χ0v) is 19.3. The zero-order valence-electron chi connectivity index (χ0n) is 17.2. The van der Waals surface area contributed by atoms with E-state index in [1.165, 1.54) is 18.2 Å². The SMILES string of the molecule is CCCN[C@H](C)C1(C)CN(C(=O)c2ccc(F)c(F)c2Nc2ccc(I)cc2F)C1. The van der Waals surface area contributed by atoms with E-state index < -0.39 is 23.4 Å². The molecule has 0 aromatic heterocycles. The molecule has 0 aliphatic carbocycles. The Balaban J connectivity index is 1.83. The van der Waals surface area contributed by atoms with Gasteiger partial charge in [-0.1, -0.05) is 13.8 Å². The lowest BCUT2D eigenvalue weighted by molar-refractivity contribution is -0.00177. The van der Waals surface area contributed by atoms with E-state index in [0.29, 0.717) is 16.7 Å². The summed E-state index contributed by atoms with van der Waals surface area (Å²) in [6, 6.07) is 6.70. The normalized spacial score (nSPS) is 16.2. The van der Waals surface area contributed by atoms with Gasteiger partial charge < -0.3 is 15.5 Å². The zero-order chi connectivity index (χ0) is 22.1. The number of hydrogen-bond acceptors (Lipinski definition) is 3. The molecule has 1 amide bonds. The van der Waals surface area contributed by atoms with E-state index in [0.717, 1.165) is 19.0 Å². The maximum atomic E-state index is 14.6. The van der Waals surface area contributed by atoms with Crippen LogP contribution in [0, 0.1) is 26.4 Å². The van der Waals surface area contributed by atoms with Crippen molar-refractivity contribution >= 4 is 39.9 Å². The van der Waals surface area contributed by atoms with E-state index in [1.54, 1.807) is 11.0 Å². The number of halogens is 4. The summed E-state index contributed by atoms with van der Waals surface area (Å²) in [5.41, 5.74) is -0.507. The lowest BCUT2D eigenvalue weighted by Gasteiger charge is -2.51. The number of anilines is 2. The lowest BCUT2D eigenvalue weighted by atomic mass is 9.75. The molecule has 8 heteroatoms. The number of nitrogens with one attached hydrogen (secondary N) is 2. The van der Waals surface area contributed by atoms with Gasteiger partial charge in [0.25, 0.3) is 5.91 Å². The fourth-order valence-electron chi connectivity index (χ4n) is 3.60. The summed E-state index contributed by atoms with van der Waals surface area (Å²) in [6.45, 7) is 8.16. The Kier molecular flexibility index (Phi) is 6.96. The highest BCUT2D eigenvalue weighted by Crippen LogP contribution is 2.36. The maximum Gasteiger partial charge on any atom is 0.256 e. The molecular weight excluding hydrogens is 506 g/mol. The van der Waals surface area contributed by atoms with Crippen molar-refractivity contribution in [3.05, 3.63) is 56.9 Å². The van der Waals surface area contributed by atoms with Gasteiger partial charge in [-0.25, -0.2) is 13.2 Å². The largest absolute Gasteiger partial charge is 0.350 e. The van der Waals surface area contributed by atoms with Gasteiger partial charge in [-0.15, -0.1) is 0 Å². The van der Waals surface area contributed by atoms with Crippen molar-refractivity contribution < 1.29 is 18.0 Å². The Labute approximate surface area is 188 Å². The van der Waals surface area contributed by atoms with E-state index in [9.17, 15) is 18.0 Å². The average molecular weight is 531 g/mol. The topological polar surface area (TPSA) is 44.4 Å². The molecular formula is C22H25F3IN3O. The molecule has 4 nitrogen and oxygen atoms in total. The molecule has 30 heavy (non-hydrogen) atoms. The van der Waals surface area contributed by atoms with Crippen LogP contribution >= 0.6 is 22.6 Å². The molecule has 0 unspecified atom stereocenters. The van der Waals surface area contributed by atoms with Gasteiger partial charge >= 0.3 is 0 Å². The monoisotopic (exact) mass is 531 g/mol. The highest BCUT2D eigenvalue weighted by Gasteiger charge is 2.45. The molecule has 1 saturated heterocycles. The minimum absolute atomic E-state index is 0.0249. The third-order valence-electron chi connectivity index (χ3n) is 5.65. The predicted octanol–water partition coefficient (Wildman–Crippen LogP) is 5.30. The molecule has 162 valence electrons. The summed E-state index contributed by atoms with van der Waals surface area (Å²) < 4.78 is 43.4. The number of amides is 1. The molecule has 1 atom stereocenters. The van der Waals surface area contributed by atoms with Crippen molar-refractivity contribution in [2.45, 2.75) is 33.2 Å². The first-order chi connectivity index (χ1) is 14.2. The van der Waals surface area contributed by atoms with Crippen LogP contribution in [0.4, 0.5) is 24.5 Å². The first kappa shape index (κ1) is 22.9. The minimum atomic E-state index is -1.21. The summed E-state index contributed by atoms with van der Waals surface area (Å²) in [7, 11) is 0.